The lowest BCUT2D eigenvalue weighted by Crippen LogP contribution is -2.48. The van der Waals surface area contributed by atoms with Gasteiger partial charge in [0.25, 0.3) is 0 Å². The Bertz CT molecular complexity index is 511. The van der Waals surface area contributed by atoms with Crippen LogP contribution >= 0.6 is 0 Å². The molecule has 0 spiro atoms. The SMILES string of the molecule is N#Cc1ccc([C@@H]2CN3CCCC[C@@H]3CO2)cc1F. The molecule has 0 bridgehead atoms. The monoisotopic (exact) mass is 260 g/mol. The molecule has 100 valence electrons. The van der Waals surface area contributed by atoms with Crippen molar-refractivity contribution in [1.82, 2.24) is 4.90 Å². The summed E-state index contributed by atoms with van der Waals surface area (Å²) >= 11 is 0. The second kappa shape index (κ2) is 5.28. The van der Waals surface area contributed by atoms with E-state index in [1.165, 1.54) is 31.4 Å². The molecule has 3 rings (SSSR count). The van der Waals surface area contributed by atoms with Gasteiger partial charge in [-0.2, -0.15) is 5.26 Å². The second-order valence-electron chi connectivity index (χ2n) is 5.32. The molecule has 2 fully saturated rings. The number of nitriles is 1. The van der Waals surface area contributed by atoms with Gasteiger partial charge in [-0.3, -0.25) is 4.90 Å². The molecule has 0 saturated carbocycles. The summed E-state index contributed by atoms with van der Waals surface area (Å²) < 4.78 is 19.5. The molecule has 1 aromatic rings. The third-order valence-electron chi connectivity index (χ3n) is 4.12. The minimum atomic E-state index is -0.454. The lowest BCUT2D eigenvalue weighted by molar-refractivity contribution is -0.0767. The molecule has 1 aromatic carbocycles. The van der Waals surface area contributed by atoms with E-state index in [1.807, 2.05) is 6.07 Å². The molecule has 3 nitrogen and oxygen atoms in total. The molecule has 0 unspecified atom stereocenters. The molecular weight excluding hydrogens is 243 g/mol. The van der Waals surface area contributed by atoms with Gasteiger partial charge in [0, 0.05) is 12.6 Å². The smallest absolute Gasteiger partial charge is 0.141 e. The van der Waals surface area contributed by atoms with Crippen molar-refractivity contribution < 1.29 is 9.13 Å². The Morgan fingerprint density at radius 1 is 1.37 bits per heavy atom. The minimum Gasteiger partial charge on any atom is -0.371 e. The highest BCUT2D eigenvalue weighted by molar-refractivity contribution is 5.34. The first-order valence-corrected chi connectivity index (χ1v) is 6.83. The number of nitrogens with zero attached hydrogens (tertiary/aromatic N) is 2. The first-order valence-electron chi connectivity index (χ1n) is 6.83. The Kier molecular flexibility index (Phi) is 3.50. The van der Waals surface area contributed by atoms with E-state index in [2.05, 4.69) is 4.90 Å². The number of fused-ring (bicyclic) bond motifs is 1. The minimum absolute atomic E-state index is 0.0726. The summed E-state index contributed by atoms with van der Waals surface area (Å²) in [6, 6.07) is 7.16. The van der Waals surface area contributed by atoms with Crippen LogP contribution in [0.2, 0.25) is 0 Å². The fourth-order valence-corrected chi connectivity index (χ4v) is 3.01. The van der Waals surface area contributed by atoms with Gasteiger partial charge in [0.05, 0.1) is 18.3 Å². The molecule has 2 aliphatic heterocycles. The maximum Gasteiger partial charge on any atom is 0.141 e. The molecule has 2 heterocycles. The van der Waals surface area contributed by atoms with Crippen molar-refractivity contribution >= 4 is 0 Å². The van der Waals surface area contributed by atoms with Crippen molar-refractivity contribution in [2.24, 2.45) is 0 Å². The summed E-state index contributed by atoms with van der Waals surface area (Å²) in [5.74, 6) is -0.454. The highest BCUT2D eigenvalue weighted by Gasteiger charge is 2.31. The van der Waals surface area contributed by atoms with Crippen LogP contribution in [0.5, 0.6) is 0 Å². The van der Waals surface area contributed by atoms with Crippen LogP contribution in [-0.2, 0) is 4.74 Å². The van der Waals surface area contributed by atoms with Gasteiger partial charge >= 0.3 is 0 Å². The van der Waals surface area contributed by atoms with Crippen LogP contribution < -0.4 is 0 Å². The van der Waals surface area contributed by atoms with Gasteiger partial charge < -0.3 is 4.74 Å². The molecule has 2 atom stereocenters. The quantitative estimate of drug-likeness (QED) is 0.778. The molecule has 0 amide bonds. The van der Waals surface area contributed by atoms with Crippen LogP contribution in [0.1, 0.15) is 36.5 Å². The summed E-state index contributed by atoms with van der Waals surface area (Å²) in [6.07, 6.45) is 3.65. The van der Waals surface area contributed by atoms with E-state index in [4.69, 9.17) is 10.00 Å². The zero-order valence-corrected chi connectivity index (χ0v) is 10.8. The van der Waals surface area contributed by atoms with Crippen molar-refractivity contribution in [2.45, 2.75) is 31.4 Å². The van der Waals surface area contributed by atoms with Crippen LogP contribution in [-0.4, -0.2) is 30.6 Å². The maximum absolute atomic E-state index is 13.6. The van der Waals surface area contributed by atoms with E-state index in [0.29, 0.717) is 6.04 Å². The first kappa shape index (κ1) is 12.6. The zero-order chi connectivity index (χ0) is 13.2. The standard InChI is InChI=1S/C15H17FN2O/c16-14-7-11(4-5-12(14)8-17)15-9-18-6-2-1-3-13(18)10-19-15/h4-5,7,13,15H,1-3,6,9-10H2/t13-,15+/m1/s1. The fraction of sp³-hybridized carbons (Fsp3) is 0.533. The number of morpholine rings is 1. The Morgan fingerprint density at radius 3 is 3.05 bits per heavy atom. The van der Waals surface area contributed by atoms with E-state index in [0.717, 1.165) is 25.3 Å². The predicted octanol–water partition coefficient (Wildman–Crippen LogP) is 2.62. The molecule has 0 aliphatic carbocycles. The Balaban J connectivity index is 1.76. The van der Waals surface area contributed by atoms with Gasteiger partial charge in [-0.15, -0.1) is 0 Å². The third kappa shape index (κ3) is 2.49. The van der Waals surface area contributed by atoms with Gasteiger partial charge in [-0.1, -0.05) is 12.5 Å². The van der Waals surface area contributed by atoms with E-state index in [9.17, 15) is 4.39 Å². The maximum atomic E-state index is 13.6. The average Bonchev–Trinajstić information content (AvgIpc) is 2.46. The van der Waals surface area contributed by atoms with Crippen molar-refractivity contribution in [2.75, 3.05) is 19.7 Å². The van der Waals surface area contributed by atoms with Gasteiger partial charge in [-0.25, -0.2) is 4.39 Å². The van der Waals surface area contributed by atoms with Crippen LogP contribution in [0, 0.1) is 17.1 Å². The third-order valence-corrected chi connectivity index (χ3v) is 4.12. The van der Waals surface area contributed by atoms with Crippen molar-refractivity contribution in [1.29, 1.82) is 5.26 Å². The largest absolute Gasteiger partial charge is 0.371 e. The Labute approximate surface area is 112 Å². The number of piperidine rings is 1. The van der Waals surface area contributed by atoms with E-state index >= 15 is 0 Å². The summed E-state index contributed by atoms with van der Waals surface area (Å²) in [7, 11) is 0. The lowest BCUT2D eigenvalue weighted by atomic mass is 9.98. The van der Waals surface area contributed by atoms with E-state index in [1.54, 1.807) is 6.07 Å². The van der Waals surface area contributed by atoms with Crippen molar-refractivity contribution in [3.63, 3.8) is 0 Å². The van der Waals surface area contributed by atoms with Gasteiger partial charge in [0.15, 0.2) is 0 Å². The fourth-order valence-electron chi connectivity index (χ4n) is 3.01. The summed E-state index contributed by atoms with van der Waals surface area (Å²) in [6.45, 7) is 2.67. The van der Waals surface area contributed by atoms with Gasteiger partial charge in [0.1, 0.15) is 11.9 Å². The second-order valence-corrected chi connectivity index (χ2v) is 5.32. The molecule has 0 N–H and O–H groups in total. The lowest BCUT2D eigenvalue weighted by Gasteiger charge is -2.42. The molecule has 4 heteroatoms. The number of hydrogen-bond donors (Lipinski definition) is 0. The molecule has 19 heavy (non-hydrogen) atoms. The van der Waals surface area contributed by atoms with Crippen molar-refractivity contribution in [3.05, 3.63) is 35.1 Å². The van der Waals surface area contributed by atoms with Gasteiger partial charge in [0.2, 0.25) is 0 Å². The summed E-state index contributed by atoms with van der Waals surface area (Å²) in [4.78, 5) is 2.45. The van der Waals surface area contributed by atoms with E-state index in [-0.39, 0.29) is 11.7 Å². The number of halogens is 1. The number of benzene rings is 1. The van der Waals surface area contributed by atoms with Crippen LogP contribution in [0.4, 0.5) is 4.39 Å². The first-order chi connectivity index (χ1) is 9.28. The zero-order valence-electron chi connectivity index (χ0n) is 10.8. The van der Waals surface area contributed by atoms with Crippen molar-refractivity contribution in [3.8, 4) is 6.07 Å². The van der Waals surface area contributed by atoms with E-state index < -0.39 is 5.82 Å². The highest BCUT2D eigenvalue weighted by Crippen LogP contribution is 2.30. The molecule has 2 saturated heterocycles. The molecular formula is C15H17FN2O. The summed E-state index contributed by atoms with van der Waals surface area (Å²) in [5.41, 5.74) is 0.927. The van der Waals surface area contributed by atoms with Crippen LogP contribution in [0.15, 0.2) is 18.2 Å². The Hall–Kier alpha value is -1.44. The highest BCUT2D eigenvalue weighted by atomic mass is 19.1. The van der Waals surface area contributed by atoms with Crippen LogP contribution in [0.3, 0.4) is 0 Å². The van der Waals surface area contributed by atoms with Crippen LogP contribution in [0.25, 0.3) is 0 Å². The topological polar surface area (TPSA) is 36.3 Å². The number of hydrogen-bond acceptors (Lipinski definition) is 3. The number of ether oxygens (including phenoxy) is 1. The molecule has 0 aromatic heterocycles. The normalized spacial score (nSPS) is 27.6. The predicted molar refractivity (Wildman–Crippen MR) is 69.0 cm³/mol. The Morgan fingerprint density at radius 2 is 2.26 bits per heavy atom. The molecule has 2 aliphatic rings. The number of rotatable bonds is 1. The average molecular weight is 260 g/mol. The summed E-state index contributed by atoms with van der Waals surface area (Å²) in [5, 5.41) is 8.74. The van der Waals surface area contributed by atoms with Gasteiger partial charge in [-0.05, 0) is 37.1 Å². The molecule has 0 radical (unpaired) electrons.